The van der Waals surface area contributed by atoms with Crippen molar-refractivity contribution in [3.63, 3.8) is 0 Å². The van der Waals surface area contributed by atoms with Crippen molar-refractivity contribution >= 4 is 16.0 Å². The van der Waals surface area contributed by atoms with Crippen LogP contribution in [0.5, 0.6) is 0 Å². The van der Waals surface area contributed by atoms with Crippen LogP contribution in [0.1, 0.15) is 17.3 Å². The molecule has 0 aliphatic heterocycles. The normalized spacial score (nSPS) is 11.4. The Morgan fingerprint density at radius 3 is 2.72 bits per heavy atom. The predicted octanol–water partition coefficient (Wildman–Crippen LogP) is -0.514. The molecule has 2 N–H and O–H groups in total. The molecule has 0 bridgehead atoms. The van der Waals surface area contributed by atoms with Gasteiger partial charge < -0.3 is 9.67 Å². The summed E-state index contributed by atoms with van der Waals surface area (Å²) < 4.78 is 26.1. The fourth-order valence-electron chi connectivity index (χ4n) is 1.39. The Morgan fingerprint density at radius 1 is 1.50 bits per heavy atom. The number of pyridine rings is 1. The van der Waals surface area contributed by atoms with Crippen molar-refractivity contribution in [2.45, 2.75) is 13.5 Å². The molecule has 18 heavy (non-hydrogen) atoms. The van der Waals surface area contributed by atoms with E-state index in [0.29, 0.717) is 0 Å². The van der Waals surface area contributed by atoms with E-state index in [1.807, 2.05) is 0 Å². The van der Waals surface area contributed by atoms with Crippen LogP contribution < -0.4 is 10.3 Å². The van der Waals surface area contributed by atoms with E-state index in [1.54, 1.807) is 6.92 Å². The summed E-state index contributed by atoms with van der Waals surface area (Å²) in [5.74, 6) is -1.60. The Bertz CT molecular complexity index is 591. The van der Waals surface area contributed by atoms with Crippen molar-refractivity contribution in [2.24, 2.45) is 0 Å². The smallest absolute Gasteiger partial charge is 0.341 e. The maximum atomic E-state index is 11.7. The number of rotatable bonds is 6. The van der Waals surface area contributed by atoms with E-state index in [0.717, 1.165) is 4.57 Å². The summed E-state index contributed by atoms with van der Waals surface area (Å²) in [6, 6.07) is 2.57. The van der Waals surface area contributed by atoms with Crippen molar-refractivity contribution in [3.05, 3.63) is 34.2 Å². The average Bonchev–Trinajstić information content (AvgIpc) is 2.27. The number of carboxylic acids is 1. The van der Waals surface area contributed by atoms with Crippen LogP contribution in [0.25, 0.3) is 0 Å². The lowest BCUT2D eigenvalue weighted by molar-refractivity contribution is 0.0694. The van der Waals surface area contributed by atoms with E-state index < -0.39 is 21.6 Å². The van der Waals surface area contributed by atoms with E-state index in [9.17, 15) is 18.0 Å². The molecular formula is C10H14N2O5S. The van der Waals surface area contributed by atoms with Gasteiger partial charge in [-0.05, 0) is 12.1 Å². The van der Waals surface area contributed by atoms with E-state index >= 15 is 0 Å². The van der Waals surface area contributed by atoms with Crippen LogP contribution in [-0.4, -0.2) is 36.4 Å². The summed E-state index contributed by atoms with van der Waals surface area (Å²) >= 11 is 0. The maximum Gasteiger partial charge on any atom is 0.341 e. The van der Waals surface area contributed by atoms with Crippen molar-refractivity contribution in [1.29, 1.82) is 0 Å². The van der Waals surface area contributed by atoms with Gasteiger partial charge in [-0.2, -0.15) is 0 Å². The van der Waals surface area contributed by atoms with Crippen LogP contribution in [0, 0.1) is 0 Å². The van der Waals surface area contributed by atoms with Gasteiger partial charge in [-0.1, -0.05) is 6.92 Å². The number of carbonyl (C=O) groups is 1. The maximum absolute atomic E-state index is 11.7. The van der Waals surface area contributed by atoms with Crippen molar-refractivity contribution in [1.82, 2.24) is 9.29 Å². The molecule has 0 fully saturated rings. The van der Waals surface area contributed by atoms with Gasteiger partial charge in [0.25, 0.3) is 5.56 Å². The number of aromatic carboxylic acids is 1. The molecule has 8 heteroatoms. The van der Waals surface area contributed by atoms with Gasteiger partial charge in [0.05, 0.1) is 5.75 Å². The highest BCUT2D eigenvalue weighted by molar-refractivity contribution is 7.89. The highest BCUT2D eigenvalue weighted by atomic mass is 32.2. The largest absolute Gasteiger partial charge is 0.477 e. The minimum atomic E-state index is -3.44. The second-order valence-electron chi connectivity index (χ2n) is 3.54. The van der Waals surface area contributed by atoms with Gasteiger partial charge in [-0.25, -0.2) is 17.9 Å². The lowest BCUT2D eigenvalue weighted by atomic mass is 10.3. The minimum Gasteiger partial charge on any atom is -0.477 e. The van der Waals surface area contributed by atoms with Gasteiger partial charge in [0.15, 0.2) is 0 Å². The summed E-state index contributed by atoms with van der Waals surface area (Å²) in [6.45, 7) is 1.83. The molecule has 7 nitrogen and oxygen atoms in total. The lowest BCUT2D eigenvalue weighted by Crippen LogP contribution is -2.32. The zero-order valence-electron chi connectivity index (χ0n) is 9.79. The van der Waals surface area contributed by atoms with Crippen LogP contribution >= 0.6 is 0 Å². The fraction of sp³-hybridized carbons (Fsp3) is 0.400. The van der Waals surface area contributed by atoms with Gasteiger partial charge in [-0.3, -0.25) is 4.79 Å². The monoisotopic (exact) mass is 274 g/mol. The van der Waals surface area contributed by atoms with Crippen LogP contribution in [0.3, 0.4) is 0 Å². The summed E-state index contributed by atoms with van der Waals surface area (Å²) in [6.07, 6.45) is 1.36. The first kappa shape index (κ1) is 14.4. The molecule has 1 heterocycles. The van der Waals surface area contributed by atoms with Gasteiger partial charge in [0, 0.05) is 19.3 Å². The quantitative estimate of drug-likeness (QED) is 0.726. The third-order valence-corrected chi connectivity index (χ3v) is 3.66. The zero-order valence-corrected chi connectivity index (χ0v) is 10.6. The fourth-order valence-corrected chi connectivity index (χ4v) is 2.41. The molecule has 0 aliphatic carbocycles. The Balaban J connectivity index is 2.91. The number of aryl methyl sites for hydroxylation is 1. The molecule has 0 aliphatic rings. The molecule has 1 aromatic rings. The first-order chi connectivity index (χ1) is 8.37. The Labute approximate surface area is 104 Å². The van der Waals surface area contributed by atoms with Gasteiger partial charge in [0.1, 0.15) is 5.56 Å². The van der Waals surface area contributed by atoms with Crippen LogP contribution in [0.2, 0.25) is 0 Å². The van der Waals surface area contributed by atoms with E-state index in [-0.39, 0.29) is 24.4 Å². The van der Waals surface area contributed by atoms with Gasteiger partial charge in [-0.15, -0.1) is 0 Å². The Kier molecular flexibility index (Phi) is 4.62. The molecule has 1 aromatic heterocycles. The summed E-state index contributed by atoms with van der Waals surface area (Å²) in [7, 11) is -3.44. The molecule has 1 rings (SSSR count). The number of hydrogen-bond donors (Lipinski definition) is 2. The molecule has 0 atom stereocenters. The Hall–Kier alpha value is -1.67. The average molecular weight is 274 g/mol. The van der Waals surface area contributed by atoms with E-state index in [1.165, 1.54) is 18.3 Å². The highest BCUT2D eigenvalue weighted by Crippen LogP contribution is 1.94. The summed E-state index contributed by atoms with van der Waals surface area (Å²) in [4.78, 5) is 22.4. The predicted molar refractivity (Wildman–Crippen MR) is 65.1 cm³/mol. The molecular weight excluding hydrogens is 260 g/mol. The summed E-state index contributed by atoms with van der Waals surface area (Å²) in [5.41, 5.74) is -1.09. The number of nitrogens with zero attached hydrogens (tertiary/aromatic N) is 1. The number of sulfonamides is 1. The third kappa shape index (κ3) is 3.67. The van der Waals surface area contributed by atoms with Crippen molar-refractivity contribution in [2.75, 3.05) is 12.3 Å². The number of hydrogen-bond acceptors (Lipinski definition) is 4. The van der Waals surface area contributed by atoms with Crippen LogP contribution in [0.15, 0.2) is 23.1 Å². The number of aromatic nitrogens is 1. The summed E-state index contributed by atoms with van der Waals surface area (Å²) in [5, 5.41) is 8.76. The number of nitrogens with one attached hydrogen (secondary N) is 1. The third-order valence-electron chi connectivity index (χ3n) is 2.22. The lowest BCUT2D eigenvalue weighted by Gasteiger charge is -2.07. The molecule has 0 amide bonds. The number of carboxylic acid groups (broad SMARTS) is 1. The van der Waals surface area contributed by atoms with Gasteiger partial charge >= 0.3 is 5.97 Å². The molecule has 0 radical (unpaired) electrons. The Morgan fingerprint density at radius 2 is 2.17 bits per heavy atom. The van der Waals surface area contributed by atoms with Crippen molar-refractivity contribution in [3.8, 4) is 0 Å². The molecule has 0 aromatic carbocycles. The molecule has 0 saturated heterocycles. The van der Waals surface area contributed by atoms with Crippen molar-refractivity contribution < 1.29 is 18.3 Å². The molecule has 0 spiro atoms. The first-order valence-electron chi connectivity index (χ1n) is 5.27. The van der Waals surface area contributed by atoms with E-state index in [4.69, 9.17) is 5.11 Å². The molecule has 100 valence electrons. The van der Waals surface area contributed by atoms with Crippen LogP contribution in [-0.2, 0) is 16.6 Å². The topological polar surface area (TPSA) is 105 Å². The molecule has 0 saturated carbocycles. The zero-order chi connectivity index (χ0) is 13.8. The molecule has 0 unspecified atom stereocenters. The minimum absolute atomic E-state index is 0.0880. The van der Waals surface area contributed by atoms with Gasteiger partial charge in [0.2, 0.25) is 10.0 Å². The van der Waals surface area contributed by atoms with E-state index in [2.05, 4.69) is 4.72 Å². The second-order valence-corrected chi connectivity index (χ2v) is 5.47. The SMILES string of the molecule is CCNS(=O)(=O)CCn1cccc(C(=O)O)c1=O. The second kappa shape index (κ2) is 5.78. The highest BCUT2D eigenvalue weighted by Gasteiger charge is 2.13. The van der Waals surface area contributed by atoms with Crippen LogP contribution in [0.4, 0.5) is 0 Å². The first-order valence-corrected chi connectivity index (χ1v) is 6.92. The standard InChI is InChI=1S/C10H14N2O5S/c1-2-11-18(16,17)7-6-12-5-3-4-8(9(12)13)10(14)15/h3-5,11H,2,6-7H2,1H3,(H,14,15).